The van der Waals surface area contributed by atoms with Crippen molar-refractivity contribution < 1.29 is 19.2 Å². The molecule has 3 N–H and O–H groups in total. The van der Waals surface area contributed by atoms with Gasteiger partial charge in [-0.1, -0.05) is 0 Å². The second kappa shape index (κ2) is 6.52. The number of likely N-dealkylation sites (N-methyl/N-ethyl adjacent to an activating group) is 1. The number of nitrogens with zero attached hydrogens (tertiary/aromatic N) is 3. The van der Waals surface area contributed by atoms with Crippen molar-refractivity contribution in [1.29, 1.82) is 0 Å². The fourth-order valence-corrected chi connectivity index (χ4v) is 2.63. The Morgan fingerprint density at radius 1 is 1.50 bits per heavy atom. The summed E-state index contributed by atoms with van der Waals surface area (Å²) < 4.78 is 0. The molecule has 1 unspecified atom stereocenters. The maximum atomic E-state index is 12.1. The number of anilines is 1. The summed E-state index contributed by atoms with van der Waals surface area (Å²) in [5.74, 6) is -0.899. The first-order valence-corrected chi connectivity index (χ1v) is 7.39. The van der Waals surface area contributed by atoms with E-state index in [9.17, 15) is 19.2 Å². The van der Waals surface area contributed by atoms with Gasteiger partial charge in [0.1, 0.15) is 25.4 Å². The Balaban J connectivity index is 2.04. The van der Waals surface area contributed by atoms with Gasteiger partial charge in [-0.3, -0.25) is 14.5 Å². The normalized spacial score (nSPS) is 16.6. The first kappa shape index (κ1) is 15.9. The van der Waals surface area contributed by atoms with Gasteiger partial charge in [0.25, 0.3) is 0 Å². The van der Waals surface area contributed by atoms with Crippen LogP contribution in [0.1, 0.15) is 18.7 Å². The number of amides is 4. The van der Waals surface area contributed by atoms with E-state index in [4.69, 9.17) is 5.73 Å². The Kier molecular flexibility index (Phi) is 4.71. The van der Waals surface area contributed by atoms with Gasteiger partial charge in [-0.15, -0.1) is 11.3 Å². The highest BCUT2D eigenvalue weighted by molar-refractivity contribution is 7.13. The Morgan fingerprint density at radius 3 is 2.59 bits per heavy atom. The Labute approximate surface area is 130 Å². The molecule has 118 valence electrons. The van der Waals surface area contributed by atoms with Crippen LogP contribution in [-0.2, 0) is 14.4 Å². The zero-order valence-corrected chi connectivity index (χ0v) is 12.6. The lowest BCUT2D eigenvalue weighted by atomic mass is 10.2. The summed E-state index contributed by atoms with van der Waals surface area (Å²) in [4.78, 5) is 52.8. The van der Waals surface area contributed by atoms with Crippen LogP contribution in [0.25, 0.3) is 0 Å². The van der Waals surface area contributed by atoms with Crippen LogP contribution < -0.4 is 11.1 Å². The molecule has 2 heterocycles. The van der Waals surface area contributed by atoms with Crippen molar-refractivity contribution in [2.75, 3.05) is 25.4 Å². The second-order valence-corrected chi connectivity index (χ2v) is 5.45. The number of nitrogens with two attached hydrogens (primary N) is 1. The van der Waals surface area contributed by atoms with Crippen molar-refractivity contribution >= 4 is 40.6 Å². The van der Waals surface area contributed by atoms with Gasteiger partial charge < -0.3 is 20.7 Å². The predicted molar refractivity (Wildman–Crippen MR) is 77.8 cm³/mol. The molecule has 0 bridgehead atoms. The molecule has 1 aromatic heterocycles. The summed E-state index contributed by atoms with van der Waals surface area (Å²) in [7, 11) is 0. The average Bonchev–Trinajstić information content (AvgIpc) is 2.90. The van der Waals surface area contributed by atoms with Crippen LogP contribution in [0.4, 0.5) is 9.93 Å². The van der Waals surface area contributed by atoms with Gasteiger partial charge in [0.05, 0.1) is 5.69 Å². The maximum Gasteiger partial charge on any atom is 0.319 e. The third-order valence-corrected chi connectivity index (χ3v) is 3.82. The number of hydrogen-bond donors (Lipinski definition) is 2. The molecule has 9 nitrogen and oxygen atoms in total. The molecule has 1 fully saturated rings. The molecule has 1 atom stereocenters. The van der Waals surface area contributed by atoms with Gasteiger partial charge in [0.2, 0.25) is 11.8 Å². The summed E-state index contributed by atoms with van der Waals surface area (Å²) in [6.45, 7) is 1.52. The summed E-state index contributed by atoms with van der Waals surface area (Å²) in [5.41, 5.74) is 5.80. The molecule has 1 saturated heterocycles. The molecule has 0 spiro atoms. The van der Waals surface area contributed by atoms with Crippen LogP contribution in [0.3, 0.4) is 0 Å². The lowest BCUT2D eigenvalue weighted by Crippen LogP contribution is -2.57. The Bertz CT molecular complexity index is 598. The van der Waals surface area contributed by atoms with Gasteiger partial charge in [0.15, 0.2) is 5.13 Å². The number of thiazole rings is 1. The van der Waals surface area contributed by atoms with Crippen molar-refractivity contribution in [2.45, 2.75) is 13.0 Å². The number of nitrogen functional groups attached to an aromatic ring is 1. The van der Waals surface area contributed by atoms with Crippen LogP contribution in [0.2, 0.25) is 0 Å². The van der Waals surface area contributed by atoms with Crippen LogP contribution in [0.5, 0.6) is 0 Å². The Hall–Kier alpha value is -2.49. The highest BCUT2D eigenvalue weighted by Gasteiger charge is 2.33. The summed E-state index contributed by atoms with van der Waals surface area (Å²) in [5, 5.41) is 4.26. The number of aldehydes is 1. The highest BCUT2D eigenvalue weighted by atomic mass is 32.1. The number of aromatic nitrogens is 1. The van der Waals surface area contributed by atoms with E-state index < -0.39 is 23.9 Å². The number of nitrogens with one attached hydrogen (secondary N) is 1. The number of carbonyl (C=O) groups excluding carboxylic acids is 4. The molecule has 1 aromatic rings. The summed E-state index contributed by atoms with van der Waals surface area (Å²) in [6.07, 6.45) is 0.512. The van der Waals surface area contributed by atoms with E-state index in [1.54, 1.807) is 12.3 Å². The molecule has 0 aromatic carbocycles. The van der Waals surface area contributed by atoms with E-state index in [0.717, 1.165) is 21.1 Å². The SMILES string of the molecule is CCN1C(=O)CN(C(=O)NC(C=O)c2csc(N)n2)CC1=O. The molecule has 0 aliphatic carbocycles. The smallest absolute Gasteiger partial charge is 0.319 e. The molecular weight excluding hydrogens is 310 g/mol. The minimum Gasteiger partial charge on any atom is -0.375 e. The van der Waals surface area contributed by atoms with E-state index >= 15 is 0 Å². The minimum absolute atomic E-state index is 0.212. The van der Waals surface area contributed by atoms with E-state index in [2.05, 4.69) is 10.3 Å². The third-order valence-electron chi connectivity index (χ3n) is 3.13. The lowest BCUT2D eigenvalue weighted by Gasteiger charge is -2.32. The highest BCUT2D eigenvalue weighted by Crippen LogP contribution is 2.17. The van der Waals surface area contributed by atoms with Crippen LogP contribution in [0.15, 0.2) is 5.38 Å². The maximum absolute atomic E-state index is 12.1. The monoisotopic (exact) mass is 325 g/mol. The van der Waals surface area contributed by atoms with Crippen molar-refractivity contribution in [2.24, 2.45) is 0 Å². The van der Waals surface area contributed by atoms with E-state index in [-0.39, 0.29) is 24.8 Å². The van der Waals surface area contributed by atoms with Gasteiger partial charge >= 0.3 is 6.03 Å². The first-order chi connectivity index (χ1) is 10.5. The van der Waals surface area contributed by atoms with Gasteiger partial charge in [0, 0.05) is 11.9 Å². The quantitative estimate of drug-likeness (QED) is 0.560. The zero-order chi connectivity index (χ0) is 16.3. The summed E-state index contributed by atoms with van der Waals surface area (Å²) >= 11 is 1.14. The average molecular weight is 325 g/mol. The number of urea groups is 1. The van der Waals surface area contributed by atoms with Crippen molar-refractivity contribution in [3.63, 3.8) is 0 Å². The topological polar surface area (TPSA) is 126 Å². The van der Waals surface area contributed by atoms with Crippen molar-refractivity contribution in [3.05, 3.63) is 11.1 Å². The molecule has 2 rings (SSSR count). The van der Waals surface area contributed by atoms with Crippen LogP contribution in [-0.4, -0.2) is 58.5 Å². The second-order valence-electron chi connectivity index (χ2n) is 4.56. The molecule has 0 saturated carbocycles. The van der Waals surface area contributed by atoms with Crippen molar-refractivity contribution in [3.8, 4) is 0 Å². The van der Waals surface area contributed by atoms with E-state index in [1.165, 1.54) is 0 Å². The van der Waals surface area contributed by atoms with Gasteiger partial charge in [-0.25, -0.2) is 9.78 Å². The van der Waals surface area contributed by atoms with Gasteiger partial charge in [-0.05, 0) is 6.92 Å². The number of carbonyl (C=O) groups is 4. The Morgan fingerprint density at radius 2 is 2.14 bits per heavy atom. The standard InChI is InChI=1S/C12H15N5O4S/c1-2-17-9(19)3-16(4-10(17)20)12(21)15-7(5-18)8-6-22-11(13)14-8/h5-7H,2-4H2,1H3,(H2,13,14)(H,15,21). The van der Waals surface area contributed by atoms with Crippen molar-refractivity contribution in [1.82, 2.24) is 20.1 Å². The molecule has 0 radical (unpaired) electrons. The van der Waals surface area contributed by atoms with Crippen LogP contribution in [0, 0.1) is 0 Å². The summed E-state index contributed by atoms with van der Waals surface area (Å²) in [6, 6.07) is -1.66. The molecule has 4 amide bonds. The molecule has 1 aliphatic heterocycles. The largest absolute Gasteiger partial charge is 0.375 e. The number of hydrogen-bond acceptors (Lipinski definition) is 7. The van der Waals surface area contributed by atoms with E-state index in [0.29, 0.717) is 12.0 Å². The minimum atomic E-state index is -0.976. The fraction of sp³-hybridized carbons (Fsp3) is 0.417. The number of piperazine rings is 1. The third kappa shape index (κ3) is 3.22. The molecule has 1 aliphatic rings. The van der Waals surface area contributed by atoms with Gasteiger partial charge in [-0.2, -0.15) is 0 Å². The number of rotatable bonds is 4. The van der Waals surface area contributed by atoms with Crippen LogP contribution >= 0.6 is 11.3 Å². The molecular formula is C12H15N5O4S. The van der Waals surface area contributed by atoms with E-state index in [1.807, 2.05) is 0 Å². The molecule has 10 heteroatoms. The number of imide groups is 1. The lowest BCUT2D eigenvalue weighted by molar-refractivity contribution is -0.149. The first-order valence-electron chi connectivity index (χ1n) is 6.51. The zero-order valence-electron chi connectivity index (χ0n) is 11.8. The predicted octanol–water partition coefficient (Wildman–Crippen LogP) is -0.634. The fourth-order valence-electron chi connectivity index (χ4n) is 2.03. The molecule has 22 heavy (non-hydrogen) atoms.